The molecule has 1 aromatic heterocycles. The first-order valence-electron chi connectivity index (χ1n) is 8.57. The van der Waals surface area contributed by atoms with Gasteiger partial charge in [0.25, 0.3) is 0 Å². The fourth-order valence-electron chi connectivity index (χ4n) is 2.58. The van der Waals surface area contributed by atoms with Gasteiger partial charge in [0.05, 0.1) is 21.3 Å². The van der Waals surface area contributed by atoms with Gasteiger partial charge in [-0.05, 0) is 42.0 Å². The highest BCUT2D eigenvalue weighted by molar-refractivity contribution is 5.77. The van der Waals surface area contributed by atoms with Gasteiger partial charge in [-0.25, -0.2) is 0 Å². The number of methoxy groups -OCH3 is 3. The van der Waals surface area contributed by atoms with Crippen molar-refractivity contribution in [1.82, 2.24) is 15.5 Å². The lowest BCUT2D eigenvalue weighted by molar-refractivity contribution is -0.120. The third-order valence-corrected chi connectivity index (χ3v) is 4.07. The van der Waals surface area contributed by atoms with Gasteiger partial charge in [-0.3, -0.25) is 4.79 Å². The van der Waals surface area contributed by atoms with Crippen LogP contribution >= 0.6 is 0 Å². The number of hydrogen-bond acceptors (Lipinski definition) is 7. The number of carbonyl (C=O) groups excluding carboxylic acids is 1. The maximum absolute atomic E-state index is 12.2. The number of benzene rings is 2. The highest BCUT2D eigenvalue weighted by Gasteiger charge is 2.13. The van der Waals surface area contributed by atoms with Crippen LogP contribution in [0.4, 0.5) is 0 Å². The number of aromatic nitrogens is 2. The van der Waals surface area contributed by atoms with E-state index >= 15 is 0 Å². The molecule has 0 radical (unpaired) electrons. The predicted octanol–water partition coefficient (Wildman–Crippen LogP) is 2.62. The Bertz CT molecular complexity index is 937. The van der Waals surface area contributed by atoms with Crippen molar-refractivity contribution < 1.29 is 23.5 Å². The van der Waals surface area contributed by atoms with Crippen molar-refractivity contribution in [1.29, 1.82) is 0 Å². The SMILES string of the molecule is COc1ccc(-c2noc(CC(=O)NCc3ccc(OC)c(OC)c3)n2)cc1. The molecule has 28 heavy (non-hydrogen) atoms. The monoisotopic (exact) mass is 383 g/mol. The summed E-state index contributed by atoms with van der Waals surface area (Å²) in [5, 5.41) is 6.74. The van der Waals surface area contributed by atoms with Gasteiger partial charge in [-0.15, -0.1) is 0 Å². The summed E-state index contributed by atoms with van der Waals surface area (Å²) in [6.07, 6.45) is -0.00353. The summed E-state index contributed by atoms with van der Waals surface area (Å²) in [7, 11) is 4.74. The molecule has 0 saturated heterocycles. The smallest absolute Gasteiger partial charge is 0.236 e. The molecule has 3 rings (SSSR count). The second-order valence-electron chi connectivity index (χ2n) is 5.88. The lowest BCUT2D eigenvalue weighted by Crippen LogP contribution is -2.24. The zero-order chi connectivity index (χ0) is 19.9. The first-order chi connectivity index (χ1) is 13.6. The van der Waals surface area contributed by atoms with Crippen molar-refractivity contribution in [3.8, 4) is 28.6 Å². The number of nitrogens with one attached hydrogen (secondary N) is 1. The van der Waals surface area contributed by atoms with Crippen LogP contribution in [0.15, 0.2) is 47.0 Å². The Hall–Kier alpha value is -3.55. The van der Waals surface area contributed by atoms with Crippen LogP contribution in [-0.4, -0.2) is 37.4 Å². The molecule has 2 aromatic carbocycles. The van der Waals surface area contributed by atoms with E-state index in [1.165, 1.54) is 0 Å². The van der Waals surface area contributed by atoms with Crippen molar-refractivity contribution in [2.45, 2.75) is 13.0 Å². The lowest BCUT2D eigenvalue weighted by atomic mass is 10.2. The minimum absolute atomic E-state index is 0.00353. The van der Waals surface area contributed by atoms with Crippen molar-refractivity contribution in [3.63, 3.8) is 0 Å². The Balaban J connectivity index is 1.57. The van der Waals surface area contributed by atoms with Crippen LogP contribution in [0.5, 0.6) is 17.2 Å². The Kier molecular flexibility index (Phi) is 6.11. The average Bonchev–Trinajstić information content (AvgIpc) is 3.20. The first kappa shape index (κ1) is 19.2. The molecule has 1 N–H and O–H groups in total. The normalized spacial score (nSPS) is 10.4. The van der Waals surface area contributed by atoms with E-state index < -0.39 is 0 Å². The summed E-state index contributed by atoms with van der Waals surface area (Å²) >= 11 is 0. The molecule has 0 aliphatic carbocycles. The summed E-state index contributed by atoms with van der Waals surface area (Å²) in [5.41, 5.74) is 1.66. The molecule has 8 nitrogen and oxygen atoms in total. The second kappa shape index (κ2) is 8.90. The average molecular weight is 383 g/mol. The van der Waals surface area contributed by atoms with Crippen LogP contribution in [0.3, 0.4) is 0 Å². The Morgan fingerprint density at radius 3 is 2.43 bits per heavy atom. The number of rotatable bonds is 8. The predicted molar refractivity (Wildman–Crippen MR) is 101 cm³/mol. The number of amides is 1. The van der Waals surface area contributed by atoms with Gasteiger partial charge in [-0.1, -0.05) is 11.2 Å². The number of hydrogen-bond donors (Lipinski definition) is 1. The third kappa shape index (κ3) is 4.59. The van der Waals surface area contributed by atoms with Gasteiger partial charge >= 0.3 is 0 Å². The quantitative estimate of drug-likeness (QED) is 0.639. The maximum atomic E-state index is 12.2. The van der Waals surface area contributed by atoms with E-state index in [1.807, 2.05) is 24.3 Å². The molecule has 1 heterocycles. The van der Waals surface area contributed by atoms with Crippen LogP contribution < -0.4 is 19.5 Å². The zero-order valence-electron chi connectivity index (χ0n) is 15.9. The van der Waals surface area contributed by atoms with E-state index in [0.717, 1.165) is 16.9 Å². The number of carbonyl (C=O) groups is 1. The summed E-state index contributed by atoms with van der Waals surface area (Å²) in [6, 6.07) is 12.7. The molecule has 0 saturated carbocycles. The van der Waals surface area contributed by atoms with Gasteiger partial charge in [0.1, 0.15) is 12.2 Å². The minimum Gasteiger partial charge on any atom is -0.497 e. The molecule has 146 valence electrons. The molecule has 0 fully saturated rings. The largest absolute Gasteiger partial charge is 0.497 e. The van der Waals surface area contributed by atoms with Crippen LogP contribution in [0.1, 0.15) is 11.5 Å². The Labute approximate surface area is 162 Å². The van der Waals surface area contributed by atoms with Crippen molar-refractivity contribution >= 4 is 5.91 Å². The van der Waals surface area contributed by atoms with Gasteiger partial charge in [0, 0.05) is 12.1 Å². The van der Waals surface area contributed by atoms with Crippen molar-refractivity contribution in [3.05, 3.63) is 53.9 Å². The van der Waals surface area contributed by atoms with E-state index in [4.69, 9.17) is 18.7 Å². The van der Waals surface area contributed by atoms with Crippen molar-refractivity contribution in [2.75, 3.05) is 21.3 Å². The lowest BCUT2D eigenvalue weighted by Gasteiger charge is -2.10. The van der Waals surface area contributed by atoms with Gasteiger partial charge in [-0.2, -0.15) is 4.98 Å². The number of nitrogens with zero attached hydrogens (tertiary/aromatic N) is 2. The highest BCUT2D eigenvalue weighted by Crippen LogP contribution is 2.27. The minimum atomic E-state index is -0.222. The first-order valence-corrected chi connectivity index (χ1v) is 8.57. The molecule has 0 bridgehead atoms. The highest BCUT2D eigenvalue weighted by atomic mass is 16.5. The van der Waals surface area contributed by atoms with Gasteiger partial charge in [0.2, 0.25) is 17.6 Å². The molecule has 0 atom stereocenters. The van der Waals surface area contributed by atoms with Crippen LogP contribution in [0.2, 0.25) is 0 Å². The fraction of sp³-hybridized carbons (Fsp3) is 0.250. The molecule has 0 aliphatic rings. The van der Waals surface area contributed by atoms with E-state index in [1.54, 1.807) is 39.5 Å². The van der Waals surface area contributed by atoms with Crippen LogP contribution in [0.25, 0.3) is 11.4 Å². The molecule has 1 amide bonds. The molecule has 0 spiro atoms. The summed E-state index contributed by atoms with van der Waals surface area (Å²) < 4.78 is 20.8. The fourth-order valence-corrected chi connectivity index (χ4v) is 2.58. The van der Waals surface area contributed by atoms with Gasteiger partial charge in [0.15, 0.2) is 11.5 Å². The molecule has 0 aliphatic heterocycles. The van der Waals surface area contributed by atoms with Crippen LogP contribution in [0, 0.1) is 0 Å². The molecule has 3 aromatic rings. The van der Waals surface area contributed by atoms with E-state index in [2.05, 4.69) is 15.5 Å². The summed E-state index contributed by atoms with van der Waals surface area (Å²) in [4.78, 5) is 16.4. The number of ether oxygens (including phenoxy) is 3. The van der Waals surface area contributed by atoms with Crippen molar-refractivity contribution in [2.24, 2.45) is 0 Å². The zero-order valence-corrected chi connectivity index (χ0v) is 15.9. The third-order valence-electron chi connectivity index (χ3n) is 4.07. The standard InChI is InChI=1S/C20H21N3O5/c1-25-15-7-5-14(6-8-15)20-22-19(28-23-20)11-18(24)21-12-13-4-9-16(26-2)17(10-13)27-3/h4-10H,11-12H2,1-3H3,(H,21,24). The van der Waals surface area contributed by atoms with E-state index in [9.17, 15) is 4.79 Å². The van der Waals surface area contributed by atoms with E-state index in [0.29, 0.717) is 23.9 Å². The Morgan fingerprint density at radius 1 is 1.00 bits per heavy atom. The molecule has 0 unspecified atom stereocenters. The summed E-state index contributed by atoms with van der Waals surface area (Å²) in [6.45, 7) is 0.346. The topological polar surface area (TPSA) is 95.7 Å². The second-order valence-corrected chi connectivity index (χ2v) is 5.88. The summed E-state index contributed by atoms with van der Waals surface area (Å²) in [5.74, 6) is 2.42. The van der Waals surface area contributed by atoms with Gasteiger partial charge < -0.3 is 24.1 Å². The van der Waals surface area contributed by atoms with E-state index in [-0.39, 0.29) is 18.2 Å². The molecular weight excluding hydrogens is 362 g/mol. The maximum Gasteiger partial charge on any atom is 0.236 e. The van der Waals surface area contributed by atoms with Crippen LogP contribution in [-0.2, 0) is 17.8 Å². The molecule has 8 heteroatoms. The molecular formula is C20H21N3O5. The Morgan fingerprint density at radius 2 is 1.75 bits per heavy atom.